The highest BCUT2D eigenvalue weighted by molar-refractivity contribution is 6.32. The number of aliphatic carboxylic acids is 1. The first-order chi connectivity index (χ1) is 8.01. The number of carbonyl (C=O) groups is 1. The van der Waals surface area contributed by atoms with Gasteiger partial charge in [-0.2, -0.15) is 0 Å². The van der Waals surface area contributed by atoms with Crippen LogP contribution in [0.2, 0.25) is 5.02 Å². The average Bonchev–Trinajstić information content (AvgIpc) is 2.18. The molecule has 1 fully saturated rings. The van der Waals surface area contributed by atoms with Crippen LogP contribution < -0.4 is 10.1 Å². The normalized spacial score (nSPS) is 17.3. The van der Waals surface area contributed by atoms with Crippen LogP contribution in [0.5, 0.6) is 5.75 Å². The molecule has 1 aromatic carbocycles. The van der Waals surface area contributed by atoms with Gasteiger partial charge in [0, 0.05) is 13.1 Å². The smallest absolute Gasteiger partial charge is 0.307 e. The summed E-state index contributed by atoms with van der Waals surface area (Å²) in [6, 6.07) is 3.76. The first-order valence-electron chi connectivity index (χ1n) is 5.07. The van der Waals surface area contributed by atoms with Crippen molar-refractivity contribution >= 4 is 17.6 Å². The molecular weight excluding hydrogens is 249 g/mol. The molecule has 1 aromatic rings. The molecule has 1 saturated heterocycles. The Morgan fingerprint density at radius 3 is 2.76 bits per heavy atom. The molecule has 1 heterocycles. The van der Waals surface area contributed by atoms with Crippen LogP contribution in [0.4, 0.5) is 4.39 Å². The highest BCUT2D eigenvalue weighted by Gasteiger charge is 2.42. The predicted molar refractivity (Wildman–Crippen MR) is 59.9 cm³/mol. The number of halogens is 2. The molecule has 0 aromatic heterocycles. The van der Waals surface area contributed by atoms with E-state index < -0.39 is 17.4 Å². The first-order valence-corrected chi connectivity index (χ1v) is 5.45. The van der Waals surface area contributed by atoms with Crippen LogP contribution in [0.1, 0.15) is 6.42 Å². The maximum Gasteiger partial charge on any atom is 0.307 e. The van der Waals surface area contributed by atoms with Gasteiger partial charge in [0.15, 0.2) is 0 Å². The van der Waals surface area contributed by atoms with Gasteiger partial charge in [-0.3, -0.25) is 4.79 Å². The molecule has 0 saturated carbocycles. The van der Waals surface area contributed by atoms with E-state index in [1.165, 1.54) is 12.1 Å². The van der Waals surface area contributed by atoms with Gasteiger partial charge in [0.25, 0.3) is 0 Å². The zero-order valence-corrected chi connectivity index (χ0v) is 9.63. The largest absolute Gasteiger partial charge is 0.482 e. The van der Waals surface area contributed by atoms with Crippen molar-refractivity contribution < 1.29 is 19.0 Å². The second kappa shape index (κ2) is 4.50. The number of carboxylic acids is 1. The number of nitrogens with one attached hydrogen (secondary N) is 1. The van der Waals surface area contributed by atoms with Crippen LogP contribution in [0.25, 0.3) is 0 Å². The van der Waals surface area contributed by atoms with Gasteiger partial charge in [-0.1, -0.05) is 11.6 Å². The Morgan fingerprint density at radius 2 is 2.29 bits per heavy atom. The van der Waals surface area contributed by atoms with Crippen molar-refractivity contribution in [1.82, 2.24) is 5.32 Å². The molecule has 2 rings (SSSR count). The summed E-state index contributed by atoms with van der Waals surface area (Å²) >= 11 is 5.82. The molecule has 0 spiro atoms. The predicted octanol–water partition coefficient (Wildman–Crippen LogP) is 1.67. The maximum atomic E-state index is 12.8. The summed E-state index contributed by atoms with van der Waals surface area (Å²) in [7, 11) is 0. The lowest BCUT2D eigenvalue weighted by molar-refractivity contribution is -0.143. The fraction of sp³-hybridized carbons (Fsp3) is 0.364. The zero-order valence-electron chi connectivity index (χ0n) is 8.87. The minimum Gasteiger partial charge on any atom is -0.482 e. The van der Waals surface area contributed by atoms with E-state index in [9.17, 15) is 9.18 Å². The molecule has 1 aliphatic rings. The molecule has 17 heavy (non-hydrogen) atoms. The van der Waals surface area contributed by atoms with Crippen molar-refractivity contribution in [2.24, 2.45) is 0 Å². The van der Waals surface area contributed by atoms with Crippen LogP contribution in [0.3, 0.4) is 0 Å². The molecule has 2 N–H and O–H groups in total. The van der Waals surface area contributed by atoms with Gasteiger partial charge in [-0.25, -0.2) is 4.39 Å². The van der Waals surface area contributed by atoms with Crippen molar-refractivity contribution in [2.75, 3.05) is 13.1 Å². The topological polar surface area (TPSA) is 58.6 Å². The van der Waals surface area contributed by atoms with Crippen molar-refractivity contribution in [1.29, 1.82) is 0 Å². The number of rotatable bonds is 4. The number of ether oxygens (including phenoxy) is 1. The Bertz CT molecular complexity index is 448. The zero-order chi connectivity index (χ0) is 12.5. The average molecular weight is 260 g/mol. The van der Waals surface area contributed by atoms with Crippen LogP contribution in [0.15, 0.2) is 18.2 Å². The van der Waals surface area contributed by atoms with Gasteiger partial charge < -0.3 is 15.2 Å². The van der Waals surface area contributed by atoms with Crippen LogP contribution >= 0.6 is 11.6 Å². The maximum absolute atomic E-state index is 12.8. The van der Waals surface area contributed by atoms with Crippen LogP contribution in [0, 0.1) is 5.82 Å². The molecule has 0 atom stereocenters. The molecule has 0 aliphatic carbocycles. The summed E-state index contributed by atoms with van der Waals surface area (Å²) in [4.78, 5) is 10.7. The van der Waals surface area contributed by atoms with Crippen LogP contribution in [-0.4, -0.2) is 29.8 Å². The first kappa shape index (κ1) is 12.1. The highest BCUT2D eigenvalue weighted by Crippen LogP contribution is 2.31. The fourth-order valence-corrected chi connectivity index (χ4v) is 1.91. The van der Waals surface area contributed by atoms with Crippen molar-refractivity contribution in [3.63, 3.8) is 0 Å². The highest BCUT2D eigenvalue weighted by atomic mass is 35.5. The monoisotopic (exact) mass is 259 g/mol. The lowest BCUT2D eigenvalue weighted by Gasteiger charge is -2.41. The summed E-state index contributed by atoms with van der Waals surface area (Å²) in [6.45, 7) is 0.875. The molecule has 6 heteroatoms. The fourth-order valence-electron chi connectivity index (χ4n) is 1.70. The Balaban J connectivity index is 2.15. The summed E-state index contributed by atoms with van der Waals surface area (Å²) in [6.07, 6.45) is -0.117. The van der Waals surface area contributed by atoms with E-state index in [4.69, 9.17) is 21.4 Å². The molecule has 0 bridgehead atoms. The molecule has 0 amide bonds. The third-order valence-corrected chi connectivity index (χ3v) is 2.88. The molecular formula is C11H11ClFNO3. The number of hydrogen-bond acceptors (Lipinski definition) is 3. The SMILES string of the molecule is O=C(O)CC1(Oc2ccc(F)cc2Cl)CNC1. The summed E-state index contributed by atoms with van der Waals surface area (Å²) in [5, 5.41) is 11.9. The summed E-state index contributed by atoms with van der Waals surface area (Å²) in [5.74, 6) is -1.10. The van der Waals surface area contributed by atoms with Gasteiger partial charge in [-0.15, -0.1) is 0 Å². The van der Waals surface area contributed by atoms with E-state index in [0.717, 1.165) is 6.07 Å². The Hall–Kier alpha value is -1.33. The number of benzene rings is 1. The summed E-state index contributed by atoms with van der Waals surface area (Å²) < 4.78 is 18.4. The van der Waals surface area contributed by atoms with E-state index in [1.807, 2.05) is 0 Å². The Kier molecular flexibility index (Phi) is 3.22. The molecule has 0 unspecified atom stereocenters. The minimum atomic E-state index is -0.940. The second-order valence-electron chi connectivity index (χ2n) is 4.03. The van der Waals surface area contributed by atoms with E-state index in [0.29, 0.717) is 18.8 Å². The van der Waals surface area contributed by atoms with Crippen molar-refractivity contribution in [3.05, 3.63) is 29.0 Å². The quantitative estimate of drug-likeness (QED) is 0.864. The second-order valence-corrected chi connectivity index (χ2v) is 4.44. The summed E-state index contributed by atoms with van der Waals surface area (Å²) in [5.41, 5.74) is -0.784. The van der Waals surface area contributed by atoms with E-state index in [2.05, 4.69) is 5.32 Å². The van der Waals surface area contributed by atoms with Crippen molar-refractivity contribution in [2.45, 2.75) is 12.0 Å². The van der Waals surface area contributed by atoms with Gasteiger partial charge in [0.2, 0.25) is 0 Å². The van der Waals surface area contributed by atoms with Gasteiger partial charge >= 0.3 is 5.97 Å². The number of hydrogen-bond donors (Lipinski definition) is 2. The number of carboxylic acid groups (broad SMARTS) is 1. The Morgan fingerprint density at radius 1 is 1.59 bits per heavy atom. The minimum absolute atomic E-state index is 0.117. The van der Waals surface area contributed by atoms with Gasteiger partial charge in [0.05, 0.1) is 11.4 Å². The van der Waals surface area contributed by atoms with E-state index in [-0.39, 0.29) is 11.4 Å². The molecule has 92 valence electrons. The van der Waals surface area contributed by atoms with E-state index in [1.54, 1.807) is 0 Å². The molecule has 1 aliphatic heterocycles. The molecule has 0 radical (unpaired) electrons. The third-order valence-electron chi connectivity index (χ3n) is 2.59. The lowest BCUT2D eigenvalue weighted by atomic mass is 9.92. The standard InChI is InChI=1S/C11H11ClFNO3/c12-8-3-7(13)1-2-9(8)17-11(4-10(15)16)5-14-6-11/h1-3,14H,4-6H2,(H,15,16). The third kappa shape index (κ3) is 2.68. The van der Waals surface area contributed by atoms with Crippen LogP contribution in [-0.2, 0) is 4.79 Å². The van der Waals surface area contributed by atoms with Gasteiger partial charge in [0.1, 0.15) is 17.2 Å². The Labute approximate surface area is 102 Å². The van der Waals surface area contributed by atoms with Crippen molar-refractivity contribution in [3.8, 4) is 5.75 Å². The van der Waals surface area contributed by atoms with Gasteiger partial charge in [-0.05, 0) is 18.2 Å². The van der Waals surface area contributed by atoms with E-state index >= 15 is 0 Å². The molecule has 4 nitrogen and oxygen atoms in total. The lowest BCUT2D eigenvalue weighted by Crippen LogP contribution is -2.64.